The molecule has 11 nitrogen and oxygen atoms in total. The molecule has 1 saturated heterocycles. The number of amides is 1. The highest BCUT2D eigenvalue weighted by molar-refractivity contribution is 7.19. The maximum Gasteiger partial charge on any atom is 0.277 e. The zero-order valence-electron chi connectivity index (χ0n) is 19.6. The molecule has 1 aromatic carbocycles. The van der Waals surface area contributed by atoms with Gasteiger partial charge in [0.15, 0.2) is 11.6 Å². The Bertz CT molecular complexity index is 1440. The predicted octanol–water partition coefficient (Wildman–Crippen LogP) is 2.60. The fraction of sp³-hybridized carbons (Fsp3) is 0.261. The first-order chi connectivity index (χ1) is 17.8. The average Bonchev–Trinajstić information content (AvgIpc) is 3.33. The maximum atomic E-state index is 14.2. The van der Waals surface area contributed by atoms with Crippen molar-refractivity contribution in [1.29, 1.82) is 0 Å². The Labute approximate surface area is 213 Å². The van der Waals surface area contributed by atoms with Gasteiger partial charge in [-0.3, -0.25) is 10.0 Å². The number of rotatable bonds is 6. The quantitative estimate of drug-likeness (QED) is 0.194. The lowest BCUT2D eigenvalue weighted by Crippen LogP contribution is -2.36. The standard InChI is InChI=1S/C23H22F2N8O3S/c1-32(23-27-9-13(10-28-23)22(34)31-35)11-14-8-17-19(37-14)21(33-2-4-36-5-3-33)30-20(29-17)12-6-15(24)18(26)16(25)7-12/h6-10,35H,2-5,11,26H2,1H3,(H,31,34). The molecule has 0 spiro atoms. The molecule has 1 aliphatic rings. The van der Waals surface area contributed by atoms with Gasteiger partial charge >= 0.3 is 0 Å². The van der Waals surface area contributed by atoms with E-state index in [-0.39, 0.29) is 17.0 Å². The van der Waals surface area contributed by atoms with Gasteiger partial charge in [-0.1, -0.05) is 0 Å². The van der Waals surface area contributed by atoms with Crippen LogP contribution in [0.25, 0.3) is 21.6 Å². The average molecular weight is 529 g/mol. The number of hydrogen-bond acceptors (Lipinski definition) is 11. The SMILES string of the molecule is CN(Cc1cc2nc(-c3cc(F)c(N)c(F)c3)nc(N3CCOCC3)c2s1)c1ncc(C(=O)NO)cn1. The number of thiophene rings is 1. The zero-order chi connectivity index (χ0) is 26.1. The van der Waals surface area contributed by atoms with Crippen molar-refractivity contribution < 1.29 is 23.5 Å². The fourth-order valence-electron chi connectivity index (χ4n) is 3.88. The van der Waals surface area contributed by atoms with Gasteiger partial charge in [-0.05, 0) is 18.2 Å². The molecule has 14 heteroatoms. The van der Waals surface area contributed by atoms with Crippen molar-refractivity contribution in [2.75, 3.05) is 48.9 Å². The number of ether oxygens (including phenoxy) is 1. The summed E-state index contributed by atoms with van der Waals surface area (Å²) < 4.78 is 34.7. The summed E-state index contributed by atoms with van der Waals surface area (Å²) in [5, 5.41) is 8.75. The Balaban J connectivity index is 1.51. The van der Waals surface area contributed by atoms with Crippen LogP contribution < -0.4 is 21.0 Å². The van der Waals surface area contributed by atoms with Gasteiger partial charge in [0.25, 0.3) is 5.91 Å². The van der Waals surface area contributed by atoms with Crippen molar-refractivity contribution in [3.05, 3.63) is 52.7 Å². The Morgan fingerprint density at radius 2 is 1.86 bits per heavy atom. The second-order valence-electron chi connectivity index (χ2n) is 8.32. The highest BCUT2D eigenvalue weighted by atomic mass is 32.1. The van der Waals surface area contributed by atoms with Crippen LogP contribution in [0.4, 0.5) is 26.2 Å². The summed E-state index contributed by atoms with van der Waals surface area (Å²) in [4.78, 5) is 33.9. The molecule has 37 heavy (non-hydrogen) atoms. The molecular weight excluding hydrogens is 506 g/mol. The lowest BCUT2D eigenvalue weighted by Gasteiger charge is -2.28. The molecule has 0 atom stereocenters. The number of anilines is 3. The van der Waals surface area contributed by atoms with E-state index in [2.05, 4.69) is 19.9 Å². The fourth-order valence-corrected chi connectivity index (χ4v) is 5.04. The van der Waals surface area contributed by atoms with Gasteiger partial charge < -0.3 is 20.3 Å². The highest BCUT2D eigenvalue weighted by Gasteiger charge is 2.22. The van der Waals surface area contributed by atoms with Crippen LogP contribution in [-0.2, 0) is 11.3 Å². The Morgan fingerprint density at radius 3 is 2.51 bits per heavy atom. The third-order valence-corrected chi connectivity index (χ3v) is 6.89. The van der Waals surface area contributed by atoms with Gasteiger partial charge in [-0.15, -0.1) is 11.3 Å². The molecule has 4 heterocycles. The number of carbonyl (C=O) groups is 1. The molecule has 0 bridgehead atoms. The first-order valence-corrected chi connectivity index (χ1v) is 12.0. The number of nitrogens with one attached hydrogen (secondary N) is 1. The van der Waals surface area contributed by atoms with E-state index in [4.69, 9.17) is 20.7 Å². The van der Waals surface area contributed by atoms with Crippen LogP contribution in [0, 0.1) is 11.6 Å². The van der Waals surface area contributed by atoms with Crippen LogP contribution in [0.2, 0.25) is 0 Å². The number of morpholine rings is 1. The van der Waals surface area contributed by atoms with Crippen molar-refractivity contribution in [3.8, 4) is 11.4 Å². The smallest absolute Gasteiger partial charge is 0.277 e. The van der Waals surface area contributed by atoms with Crippen LogP contribution >= 0.6 is 11.3 Å². The van der Waals surface area contributed by atoms with Crippen LogP contribution in [-0.4, -0.2) is 64.4 Å². The second kappa shape index (κ2) is 10.2. The third kappa shape index (κ3) is 4.98. The van der Waals surface area contributed by atoms with Crippen LogP contribution in [0.1, 0.15) is 15.2 Å². The van der Waals surface area contributed by atoms with E-state index in [1.54, 1.807) is 11.9 Å². The summed E-state index contributed by atoms with van der Waals surface area (Å²) in [6, 6.07) is 4.15. The Kier molecular flexibility index (Phi) is 6.78. The molecule has 3 aromatic heterocycles. The summed E-state index contributed by atoms with van der Waals surface area (Å²) in [5.41, 5.74) is 7.37. The second-order valence-corrected chi connectivity index (χ2v) is 9.46. The normalized spacial score (nSPS) is 13.7. The number of carbonyl (C=O) groups excluding carboxylic acids is 1. The molecule has 5 rings (SSSR count). The van der Waals surface area contributed by atoms with Crippen molar-refractivity contribution >= 4 is 44.9 Å². The van der Waals surface area contributed by atoms with Crippen LogP contribution in [0.3, 0.4) is 0 Å². The minimum Gasteiger partial charge on any atom is -0.394 e. The maximum absolute atomic E-state index is 14.2. The molecule has 1 amide bonds. The van der Waals surface area contributed by atoms with Gasteiger partial charge in [-0.25, -0.2) is 34.2 Å². The van der Waals surface area contributed by atoms with E-state index >= 15 is 0 Å². The minimum atomic E-state index is -0.873. The number of nitrogens with zero attached hydrogens (tertiary/aromatic N) is 6. The number of fused-ring (bicyclic) bond motifs is 1. The summed E-state index contributed by atoms with van der Waals surface area (Å²) >= 11 is 1.49. The largest absolute Gasteiger partial charge is 0.394 e. The van der Waals surface area contributed by atoms with Gasteiger partial charge in [0, 0.05) is 43.0 Å². The topological polar surface area (TPSA) is 143 Å². The van der Waals surface area contributed by atoms with E-state index in [1.165, 1.54) is 29.2 Å². The van der Waals surface area contributed by atoms with E-state index in [9.17, 15) is 13.6 Å². The first kappa shape index (κ1) is 24.7. The summed E-state index contributed by atoms with van der Waals surface area (Å²) in [6.07, 6.45) is 2.63. The van der Waals surface area contributed by atoms with Gasteiger partial charge in [0.05, 0.1) is 35.5 Å². The van der Waals surface area contributed by atoms with E-state index in [1.807, 2.05) is 6.07 Å². The number of benzene rings is 1. The Morgan fingerprint density at radius 1 is 1.19 bits per heavy atom. The van der Waals surface area contributed by atoms with Crippen molar-refractivity contribution in [2.24, 2.45) is 0 Å². The van der Waals surface area contributed by atoms with Gasteiger partial charge in [0.1, 0.15) is 17.3 Å². The minimum absolute atomic E-state index is 0.120. The number of nitrogen functional groups attached to an aromatic ring is 1. The number of hydrogen-bond donors (Lipinski definition) is 3. The van der Waals surface area contributed by atoms with Crippen molar-refractivity contribution in [1.82, 2.24) is 25.4 Å². The summed E-state index contributed by atoms with van der Waals surface area (Å²) in [6.45, 7) is 2.73. The molecule has 0 saturated carbocycles. The number of nitrogens with two attached hydrogens (primary N) is 1. The highest BCUT2D eigenvalue weighted by Crippen LogP contribution is 2.35. The predicted molar refractivity (Wildman–Crippen MR) is 134 cm³/mol. The molecular formula is C23H22F2N8O3S. The molecule has 0 aliphatic carbocycles. The monoisotopic (exact) mass is 528 g/mol. The van der Waals surface area contributed by atoms with E-state index < -0.39 is 23.2 Å². The summed E-state index contributed by atoms with van der Waals surface area (Å²) in [7, 11) is 1.80. The van der Waals surface area contributed by atoms with E-state index in [0.717, 1.165) is 21.7 Å². The molecule has 0 unspecified atom stereocenters. The van der Waals surface area contributed by atoms with E-state index in [0.29, 0.717) is 50.1 Å². The molecule has 1 aliphatic heterocycles. The van der Waals surface area contributed by atoms with Crippen LogP contribution in [0.5, 0.6) is 0 Å². The number of hydroxylamine groups is 1. The molecule has 1 fully saturated rings. The number of halogens is 2. The van der Waals surface area contributed by atoms with Crippen LogP contribution in [0.15, 0.2) is 30.6 Å². The van der Waals surface area contributed by atoms with Crippen molar-refractivity contribution in [3.63, 3.8) is 0 Å². The lowest BCUT2D eigenvalue weighted by atomic mass is 10.1. The zero-order valence-corrected chi connectivity index (χ0v) is 20.4. The molecule has 4 aromatic rings. The molecule has 4 N–H and O–H groups in total. The van der Waals surface area contributed by atoms with Gasteiger partial charge in [-0.2, -0.15) is 0 Å². The van der Waals surface area contributed by atoms with Crippen molar-refractivity contribution in [2.45, 2.75) is 6.54 Å². The van der Waals surface area contributed by atoms with Gasteiger partial charge in [0.2, 0.25) is 5.95 Å². The summed E-state index contributed by atoms with van der Waals surface area (Å²) in [5.74, 6) is -1.23. The molecule has 192 valence electrons. The third-order valence-electron chi connectivity index (χ3n) is 5.79. The Hall–Kier alpha value is -4.01. The first-order valence-electron chi connectivity index (χ1n) is 11.2. The lowest BCUT2D eigenvalue weighted by molar-refractivity contribution is 0.0705. The number of aromatic nitrogens is 4. The molecule has 0 radical (unpaired) electrons.